The van der Waals surface area contributed by atoms with Crippen molar-refractivity contribution in [2.75, 3.05) is 43.9 Å². The molecule has 2 amide bonds. The quantitative estimate of drug-likeness (QED) is 0.259. The molecule has 0 spiro atoms. The average Bonchev–Trinajstić information content (AvgIpc) is 2.91. The standard InChI is InChI=1S/C26H31N7O5/c1-17(2)23(25(34)38-3)30-24-20-9-4-5-10-21(20)28-22(29-24)16-31-11-13-32(14-12-31)26(35)27-18-7-6-8-19(15-18)33(36)37/h4-10,15,17,23H,11-14,16H2,1-3H3,(H,27,35)(H,28,29,30)/t23-/m0/s1. The van der Waals surface area contributed by atoms with E-state index in [2.05, 4.69) is 15.5 Å². The lowest BCUT2D eigenvalue weighted by Crippen LogP contribution is -2.49. The van der Waals surface area contributed by atoms with E-state index < -0.39 is 11.0 Å². The zero-order chi connectivity index (χ0) is 27.2. The summed E-state index contributed by atoms with van der Waals surface area (Å²) in [7, 11) is 1.37. The van der Waals surface area contributed by atoms with Crippen LogP contribution in [0.1, 0.15) is 19.7 Å². The molecule has 3 aromatic rings. The van der Waals surface area contributed by atoms with Crippen LogP contribution in [-0.4, -0.2) is 76.0 Å². The second kappa shape index (κ2) is 11.8. The van der Waals surface area contributed by atoms with Gasteiger partial charge < -0.3 is 20.3 Å². The van der Waals surface area contributed by atoms with Crippen LogP contribution < -0.4 is 10.6 Å². The normalized spacial score (nSPS) is 14.8. The van der Waals surface area contributed by atoms with E-state index in [1.807, 2.05) is 38.1 Å². The highest BCUT2D eigenvalue weighted by Gasteiger charge is 2.26. The molecule has 4 rings (SSSR count). The number of nitro benzene ring substituents is 1. The minimum atomic E-state index is -0.556. The molecule has 12 heteroatoms. The Morgan fingerprint density at radius 3 is 2.50 bits per heavy atom. The number of para-hydroxylation sites is 1. The Labute approximate surface area is 220 Å². The number of hydrogen-bond acceptors (Lipinski definition) is 9. The SMILES string of the molecule is COC(=O)[C@@H](Nc1nc(CN2CCN(C(=O)Nc3cccc([N+](=O)[O-])c3)CC2)nc2ccccc12)C(C)C. The van der Waals surface area contributed by atoms with Crippen molar-refractivity contribution in [1.82, 2.24) is 19.8 Å². The van der Waals surface area contributed by atoms with E-state index >= 15 is 0 Å². The first kappa shape index (κ1) is 26.7. The summed E-state index contributed by atoms with van der Waals surface area (Å²) in [5, 5.41) is 17.8. The van der Waals surface area contributed by atoms with Crippen molar-refractivity contribution < 1.29 is 19.2 Å². The summed E-state index contributed by atoms with van der Waals surface area (Å²) < 4.78 is 4.97. The van der Waals surface area contributed by atoms with Crippen LogP contribution in [0.25, 0.3) is 10.9 Å². The number of esters is 1. The summed E-state index contributed by atoms with van der Waals surface area (Å²) in [6.07, 6.45) is 0. The number of hydrogen-bond donors (Lipinski definition) is 2. The van der Waals surface area contributed by atoms with Crippen LogP contribution in [0.2, 0.25) is 0 Å². The summed E-state index contributed by atoms with van der Waals surface area (Å²) in [6, 6.07) is 12.6. The molecule has 2 heterocycles. The number of non-ortho nitro benzene ring substituents is 1. The van der Waals surface area contributed by atoms with E-state index in [4.69, 9.17) is 14.7 Å². The van der Waals surface area contributed by atoms with Gasteiger partial charge in [-0.05, 0) is 24.1 Å². The smallest absolute Gasteiger partial charge is 0.328 e. The molecule has 12 nitrogen and oxygen atoms in total. The van der Waals surface area contributed by atoms with E-state index in [-0.39, 0.29) is 23.6 Å². The van der Waals surface area contributed by atoms with Crippen molar-refractivity contribution >= 4 is 40.1 Å². The number of carbonyl (C=O) groups is 2. The fraction of sp³-hybridized carbons (Fsp3) is 0.385. The first-order valence-electron chi connectivity index (χ1n) is 12.4. The number of carbonyl (C=O) groups excluding carboxylic acids is 2. The second-order valence-corrected chi connectivity index (χ2v) is 9.40. The van der Waals surface area contributed by atoms with Gasteiger partial charge in [-0.1, -0.05) is 32.0 Å². The molecule has 0 unspecified atom stereocenters. The van der Waals surface area contributed by atoms with Crippen molar-refractivity contribution in [3.8, 4) is 0 Å². The number of amides is 2. The third kappa shape index (κ3) is 6.32. The number of nitrogens with one attached hydrogen (secondary N) is 2. The molecule has 2 N–H and O–H groups in total. The topological polar surface area (TPSA) is 143 Å². The van der Waals surface area contributed by atoms with Gasteiger partial charge in [0.25, 0.3) is 5.69 Å². The Morgan fingerprint density at radius 2 is 1.82 bits per heavy atom. The number of benzene rings is 2. The van der Waals surface area contributed by atoms with Gasteiger partial charge in [0.2, 0.25) is 0 Å². The molecule has 2 aromatic carbocycles. The lowest BCUT2D eigenvalue weighted by Gasteiger charge is -2.34. The zero-order valence-corrected chi connectivity index (χ0v) is 21.6. The maximum Gasteiger partial charge on any atom is 0.328 e. The first-order chi connectivity index (χ1) is 18.2. The van der Waals surface area contributed by atoms with Gasteiger partial charge in [-0.2, -0.15) is 0 Å². The lowest BCUT2D eigenvalue weighted by atomic mass is 10.0. The number of nitro groups is 1. The fourth-order valence-electron chi connectivity index (χ4n) is 4.29. The number of ether oxygens (including phenoxy) is 1. The molecule has 1 aliphatic heterocycles. The fourth-order valence-corrected chi connectivity index (χ4v) is 4.29. The van der Waals surface area contributed by atoms with Gasteiger partial charge in [-0.25, -0.2) is 19.6 Å². The summed E-state index contributed by atoms with van der Waals surface area (Å²) >= 11 is 0. The highest BCUT2D eigenvalue weighted by Crippen LogP contribution is 2.23. The molecule has 200 valence electrons. The van der Waals surface area contributed by atoms with Crippen LogP contribution in [0.15, 0.2) is 48.5 Å². The highest BCUT2D eigenvalue weighted by atomic mass is 16.6. The lowest BCUT2D eigenvalue weighted by molar-refractivity contribution is -0.384. The third-order valence-electron chi connectivity index (χ3n) is 6.40. The summed E-state index contributed by atoms with van der Waals surface area (Å²) in [4.78, 5) is 48.8. The van der Waals surface area contributed by atoms with Crippen molar-refractivity contribution in [3.63, 3.8) is 0 Å². The van der Waals surface area contributed by atoms with E-state index in [0.717, 1.165) is 10.9 Å². The van der Waals surface area contributed by atoms with Crippen LogP contribution in [0, 0.1) is 16.0 Å². The number of rotatable bonds is 8. The number of anilines is 2. The average molecular weight is 522 g/mol. The van der Waals surface area contributed by atoms with Crippen molar-refractivity contribution in [1.29, 1.82) is 0 Å². The molecule has 1 saturated heterocycles. The van der Waals surface area contributed by atoms with Crippen LogP contribution in [0.3, 0.4) is 0 Å². The summed E-state index contributed by atoms with van der Waals surface area (Å²) in [5.74, 6) is 0.808. The molecular weight excluding hydrogens is 490 g/mol. The van der Waals surface area contributed by atoms with E-state index in [1.54, 1.807) is 11.0 Å². The second-order valence-electron chi connectivity index (χ2n) is 9.40. The molecule has 1 atom stereocenters. The zero-order valence-electron chi connectivity index (χ0n) is 21.6. The Balaban J connectivity index is 1.42. The largest absolute Gasteiger partial charge is 0.467 e. The number of nitrogens with zero attached hydrogens (tertiary/aromatic N) is 5. The molecule has 38 heavy (non-hydrogen) atoms. The maximum absolute atomic E-state index is 12.7. The predicted molar refractivity (Wildman–Crippen MR) is 143 cm³/mol. The number of piperazine rings is 1. The van der Waals surface area contributed by atoms with E-state index in [9.17, 15) is 19.7 Å². The maximum atomic E-state index is 12.7. The Hall–Kier alpha value is -4.32. The van der Waals surface area contributed by atoms with Gasteiger partial charge in [-0.3, -0.25) is 15.0 Å². The molecule has 1 aromatic heterocycles. The van der Waals surface area contributed by atoms with Gasteiger partial charge in [0.05, 0.1) is 24.1 Å². The summed E-state index contributed by atoms with van der Waals surface area (Å²) in [6.45, 7) is 6.54. The Bertz CT molecular complexity index is 1320. The minimum Gasteiger partial charge on any atom is -0.467 e. The molecular formula is C26H31N7O5. The summed E-state index contributed by atoms with van der Waals surface area (Å²) in [5.41, 5.74) is 1.06. The van der Waals surface area contributed by atoms with Crippen molar-refractivity contribution in [2.24, 2.45) is 5.92 Å². The molecule has 0 bridgehead atoms. The number of methoxy groups -OCH3 is 1. The van der Waals surface area contributed by atoms with Gasteiger partial charge in [0, 0.05) is 49.4 Å². The number of aromatic nitrogens is 2. The monoisotopic (exact) mass is 521 g/mol. The van der Waals surface area contributed by atoms with Crippen molar-refractivity contribution in [2.45, 2.75) is 26.4 Å². The molecule has 0 saturated carbocycles. The van der Waals surface area contributed by atoms with Crippen LogP contribution >= 0.6 is 0 Å². The molecule has 0 radical (unpaired) electrons. The highest BCUT2D eigenvalue weighted by molar-refractivity contribution is 5.91. The van der Waals surface area contributed by atoms with E-state index in [1.165, 1.54) is 25.3 Å². The predicted octanol–water partition coefficient (Wildman–Crippen LogP) is 3.50. The minimum absolute atomic E-state index is 0.0131. The Morgan fingerprint density at radius 1 is 1.08 bits per heavy atom. The molecule has 1 aliphatic rings. The van der Waals surface area contributed by atoms with Gasteiger partial charge in [0.1, 0.15) is 17.7 Å². The van der Waals surface area contributed by atoms with Crippen molar-refractivity contribution in [3.05, 3.63) is 64.5 Å². The van der Waals surface area contributed by atoms with E-state index in [0.29, 0.717) is 50.1 Å². The third-order valence-corrected chi connectivity index (χ3v) is 6.40. The van der Waals surface area contributed by atoms with Crippen LogP contribution in [0.5, 0.6) is 0 Å². The first-order valence-corrected chi connectivity index (χ1v) is 12.4. The van der Waals surface area contributed by atoms with Crippen LogP contribution in [0.4, 0.5) is 22.0 Å². The van der Waals surface area contributed by atoms with Gasteiger partial charge in [0.15, 0.2) is 0 Å². The van der Waals surface area contributed by atoms with Crippen LogP contribution in [-0.2, 0) is 16.1 Å². The number of fused-ring (bicyclic) bond motifs is 1. The number of urea groups is 1. The Kier molecular flexibility index (Phi) is 8.31. The molecule has 1 fully saturated rings. The van der Waals surface area contributed by atoms with Gasteiger partial charge >= 0.3 is 12.0 Å². The molecule has 0 aliphatic carbocycles. The van der Waals surface area contributed by atoms with Gasteiger partial charge in [-0.15, -0.1) is 0 Å².